The van der Waals surface area contributed by atoms with Gasteiger partial charge in [0.05, 0.1) is 0 Å². The third-order valence-electron chi connectivity index (χ3n) is 4.68. The smallest absolute Gasteiger partial charge is 0.406 e. The second-order valence-corrected chi connectivity index (χ2v) is 7.13. The van der Waals surface area contributed by atoms with E-state index >= 15 is 0 Å². The standard InChI is InChI=1S/C20H15ClF3N3O3/c21-14-7-3-13(4-8-14)19(28)27-11-1-2-16(27)18-25-17(26-30-18)12-5-9-15(10-6-12)29-20(22,23)24/h3-10,16H,1-2,11H2. The normalized spacial score (nSPS) is 16.7. The minimum atomic E-state index is -4.76. The van der Waals surface area contributed by atoms with Crippen molar-refractivity contribution in [1.82, 2.24) is 15.0 Å². The van der Waals surface area contributed by atoms with Crippen molar-refractivity contribution in [3.63, 3.8) is 0 Å². The molecule has 3 aromatic rings. The molecule has 1 aliphatic heterocycles. The maximum atomic E-state index is 12.9. The van der Waals surface area contributed by atoms with Crippen LogP contribution in [0.15, 0.2) is 53.1 Å². The number of halogens is 4. The number of benzene rings is 2. The molecule has 1 unspecified atom stereocenters. The number of carbonyl (C=O) groups excluding carboxylic acids is 1. The van der Waals surface area contributed by atoms with Crippen molar-refractivity contribution < 1.29 is 27.2 Å². The molecule has 0 radical (unpaired) electrons. The van der Waals surface area contributed by atoms with Crippen LogP contribution in [0.25, 0.3) is 11.4 Å². The number of alkyl halides is 3. The average Bonchev–Trinajstić information content (AvgIpc) is 3.37. The van der Waals surface area contributed by atoms with Crippen molar-refractivity contribution in [2.75, 3.05) is 6.54 Å². The Labute approximate surface area is 174 Å². The van der Waals surface area contributed by atoms with E-state index in [4.69, 9.17) is 16.1 Å². The fraction of sp³-hybridized carbons (Fsp3) is 0.250. The zero-order valence-electron chi connectivity index (χ0n) is 15.4. The quantitative estimate of drug-likeness (QED) is 0.556. The summed E-state index contributed by atoms with van der Waals surface area (Å²) in [6.07, 6.45) is -3.31. The van der Waals surface area contributed by atoms with E-state index < -0.39 is 6.36 Å². The Balaban J connectivity index is 1.51. The van der Waals surface area contributed by atoms with E-state index in [1.54, 1.807) is 29.2 Å². The zero-order valence-corrected chi connectivity index (χ0v) is 16.2. The van der Waals surface area contributed by atoms with Crippen LogP contribution in [-0.4, -0.2) is 33.9 Å². The molecule has 0 spiro atoms. The van der Waals surface area contributed by atoms with Crippen molar-refractivity contribution in [1.29, 1.82) is 0 Å². The van der Waals surface area contributed by atoms with Crippen molar-refractivity contribution in [2.45, 2.75) is 25.2 Å². The molecule has 156 valence electrons. The molecule has 6 nitrogen and oxygen atoms in total. The molecule has 2 aromatic carbocycles. The molecule has 1 amide bonds. The minimum absolute atomic E-state index is 0.164. The Morgan fingerprint density at radius 3 is 2.50 bits per heavy atom. The molecular weight excluding hydrogens is 423 g/mol. The maximum Gasteiger partial charge on any atom is 0.573 e. The van der Waals surface area contributed by atoms with Gasteiger partial charge in [-0.3, -0.25) is 4.79 Å². The largest absolute Gasteiger partial charge is 0.573 e. The van der Waals surface area contributed by atoms with Gasteiger partial charge in [-0.05, 0) is 61.4 Å². The lowest BCUT2D eigenvalue weighted by atomic mass is 10.1. The molecular formula is C20H15ClF3N3O3. The summed E-state index contributed by atoms with van der Waals surface area (Å²) in [5.74, 6) is -0.0113. The number of hydrogen-bond donors (Lipinski definition) is 0. The van der Waals surface area contributed by atoms with E-state index in [1.807, 2.05) is 0 Å². The van der Waals surface area contributed by atoms with Crippen molar-refractivity contribution in [3.8, 4) is 17.1 Å². The van der Waals surface area contributed by atoms with Gasteiger partial charge < -0.3 is 14.2 Å². The molecule has 1 saturated heterocycles. The van der Waals surface area contributed by atoms with E-state index in [2.05, 4.69) is 14.9 Å². The fourth-order valence-electron chi connectivity index (χ4n) is 3.32. The van der Waals surface area contributed by atoms with Crippen LogP contribution in [0.3, 0.4) is 0 Å². The molecule has 1 aliphatic rings. The number of carbonyl (C=O) groups is 1. The molecule has 1 aromatic heterocycles. The Morgan fingerprint density at radius 1 is 1.13 bits per heavy atom. The van der Waals surface area contributed by atoms with Gasteiger partial charge in [0, 0.05) is 22.7 Å². The number of hydrogen-bond acceptors (Lipinski definition) is 5. The lowest BCUT2D eigenvalue weighted by Gasteiger charge is -2.21. The van der Waals surface area contributed by atoms with Crippen LogP contribution in [0, 0.1) is 0 Å². The highest BCUT2D eigenvalue weighted by molar-refractivity contribution is 6.30. The number of ether oxygens (including phenoxy) is 1. The van der Waals surface area contributed by atoms with Crippen LogP contribution in [0.5, 0.6) is 5.75 Å². The van der Waals surface area contributed by atoms with Crippen molar-refractivity contribution in [2.24, 2.45) is 0 Å². The molecule has 30 heavy (non-hydrogen) atoms. The van der Waals surface area contributed by atoms with Crippen LogP contribution >= 0.6 is 11.6 Å². The molecule has 0 bridgehead atoms. The first kappa shape index (κ1) is 20.2. The van der Waals surface area contributed by atoms with E-state index in [0.717, 1.165) is 6.42 Å². The number of nitrogens with zero attached hydrogens (tertiary/aromatic N) is 3. The minimum Gasteiger partial charge on any atom is -0.406 e. The topological polar surface area (TPSA) is 68.5 Å². The highest BCUT2D eigenvalue weighted by Gasteiger charge is 2.35. The second-order valence-electron chi connectivity index (χ2n) is 6.69. The van der Waals surface area contributed by atoms with Gasteiger partial charge in [-0.2, -0.15) is 4.98 Å². The number of amides is 1. The van der Waals surface area contributed by atoms with Crippen LogP contribution in [0.1, 0.15) is 35.1 Å². The van der Waals surface area contributed by atoms with Gasteiger partial charge >= 0.3 is 6.36 Å². The highest BCUT2D eigenvalue weighted by atomic mass is 35.5. The highest BCUT2D eigenvalue weighted by Crippen LogP contribution is 2.34. The summed E-state index contributed by atoms with van der Waals surface area (Å²) in [6.45, 7) is 0.549. The van der Waals surface area contributed by atoms with E-state index in [0.29, 0.717) is 29.1 Å². The maximum absolute atomic E-state index is 12.9. The molecule has 10 heteroatoms. The first-order valence-electron chi connectivity index (χ1n) is 9.06. The fourth-order valence-corrected chi connectivity index (χ4v) is 3.44. The zero-order chi connectivity index (χ0) is 21.3. The second kappa shape index (κ2) is 7.98. The summed E-state index contributed by atoms with van der Waals surface area (Å²) in [6, 6.07) is 11.4. The van der Waals surface area contributed by atoms with Gasteiger partial charge in [0.15, 0.2) is 0 Å². The van der Waals surface area contributed by atoms with Gasteiger partial charge in [0.1, 0.15) is 11.8 Å². The Kier molecular flexibility index (Phi) is 5.38. The molecule has 0 N–H and O–H groups in total. The summed E-state index contributed by atoms with van der Waals surface area (Å²) in [5, 5.41) is 4.45. The summed E-state index contributed by atoms with van der Waals surface area (Å²) < 4.78 is 46.1. The van der Waals surface area contributed by atoms with Crippen LogP contribution < -0.4 is 4.74 Å². The van der Waals surface area contributed by atoms with Gasteiger partial charge in [0.2, 0.25) is 11.7 Å². The lowest BCUT2D eigenvalue weighted by molar-refractivity contribution is -0.274. The third-order valence-corrected chi connectivity index (χ3v) is 4.93. The number of rotatable bonds is 4. The van der Waals surface area contributed by atoms with Gasteiger partial charge in [0.25, 0.3) is 5.91 Å². The van der Waals surface area contributed by atoms with E-state index in [9.17, 15) is 18.0 Å². The molecule has 0 saturated carbocycles. The number of likely N-dealkylation sites (tertiary alicyclic amines) is 1. The van der Waals surface area contributed by atoms with Crippen molar-refractivity contribution >= 4 is 17.5 Å². The van der Waals surface area contributed by atoms with Gasteiger partial charge in [-0.1, -0.05) is 16.8 Å². The average molecular weight is 438 g/mol. The molecule has 0 aliphatic carbocycles. The molecule has 2 heterocycles. The lowest BCUT2D eigenvalue weighted by Crippen LogP contribution is -2.30. The van der Waals surface area contributed by atoms with Gasteiger partial charge in [-0.25, -0.2) is 0 Å². The number of aromatic nitrogens is 2. The predicted molar refractivity (Wildman–Crippen MR) is 101 cm³/mol. The summed E-state index contributed by atoms with van der Waals surface area (Å²) >= 11 is 5.88. The monoisotopic (exact) mass is 437 g/mol. The Bertz CT molecular complexity index is 1040. The first-order chi connectivity index (χ1) is 14.3. The molecule has 1 fully saturated rings. The molecule has 1 atom stereocenters. The molecule has 4 rings (SSSR count). The SMILES string of the molecule is O=C(c1ccc(Cl)cc1)N1CCCC1c1nc(-c2ccc(OC(F)(F)F)cc2)no1. The van der Waals surface area contributed by atoms with E-state index in [-0.39, 0.29) is 29.4 Å². The summed E-state index contributed by atoms with van der Waals surface area (Å²) in [7, 11) is 0. The predicted octanol–water partition coefficient (Wildman–Crippen LogP) is 5.27. The van der Waals surface area contributed by atoms with Crippen LogP contribution in [0.4, 0.5) is 13.2 Å². The van der Waals surface area contributed by atoms with Crippen LogP contribution in [0.2, 0.25) is 5.02 Å². The van der Waals surface area contributed by atoms with Crippen molar-refractivity contribution in [3.05, 3.63) is 65.0 Å². The third kappa shape index (κ3) is 4.40. The Morgan fingerprint density at radius 2 is 1.83 bits per heavy atom. The van der Waals surface area contributed by atoms with Gasteiger partial charge in [-0.15, -0.1) is 13.2 Å². The van der Waals surface area contributed by atoms with Crippen LogP contribution in [-0.2, 0) is 0 Å². The summed E-state index contributed by atoms with van der Waals surface area (Å²) in [5.41, 5.74) is 0.972. The summed E-state index contributed by atoms with van der Waals surface area (Å²) in [4.78, 5) is 18.9. The Hall–Kier alpha value is -3.07. The van der Waals surface area contributed by atoms with E-state index in [1.165, 1.54) is 24.3 Å². The first-order valence-corrected chi connectivity index (χ1v) is 9.44.